The number of thiazole rings is 1. The standard InChI is InChI=1S/C15H18N2S/c1-12(17-8-2-3-9-17)13-5-4-6-14(11-13)15-16-7-10-18-15/h4-7,10-12H,2-3,8-9H2,1H3. The Kier molecular flexibility index (Phi) is 3.43. The second-order valence-corrected chi connectivity index (χ2v) is 5.78. The van der Waals surface area contributed by atoms with Crippen molar-refractivity contribution in [3.05, 3.63) is 41.4 Å². The molecule has 2 nitrogen and oxygen atoms in total. The van der Waals surface area contributed by atoms with E-state index in [1.54, 1.807) is 11.3 Å². The summed E-state index contributed by atoms with van der Waals surface area (Å²) >= 11 is 1.70. The third kappa shape index (κ3) is 2.33. The molecule has 2 aromatic rings. The highest BCUT2D eigenvalue weighted by atomic mass is 32.1. The first-order chi connectivity index (χ1) is 8.84. The third-order valence-corrected chi connectivity index (χ3v) is 4.56. The molecule has 1 aliphatic heterocycles. The van der Waals surface area contributed by atoms with Crippen molar-refractivity contribution in [3.8, 4) is 10.6 Å². The molecule has 1 aromatic carbocycles. The van der Waals surface area contributed by atoms with Crippen molar-refractivity contribution in [2.24, 2.45) is 0 Å². The molecule has 0 amide bonds. The summed E-state index contributed by atoms with van der Waals surface area (Å²) in [7, 11) is 0. The van der Waals surface area contributed by atoms with Gasteiger partial charge in [-0.2, -0.15) is 0 Å². The molecular weight excluding hydrogens is 240 g/mol. The summed E-state index contributed by atoms with van der Waals surface area (Å²) < 4.78 is 0. The fraction of sp³-hybridized carbons (Fsp3) is 0.400. The first-order valence-corrected chi connectivity index (χ1v) is 7.46. The molecule has 0 saturated carbocycles. The summed E-state index contributed by atoms with van der Waals surface area (Å²) in [5.74, 6) is 0. The SMILES string of the molecule is CC(c1cccc(-c2nccs2)c1)N1CCCC1. The summed E-state index contributed by atoms with van der Waals surface area (Å²) in [4.78, 5) is 6.96. The lowest BCUT2D eigenvalue weighted by molar-refractivity contribution is 0.263. The Balaban J connectivity index is 1.86. The summed E-state index contributed by atoms with van der Waals surface area (Å²) in [5.41, 5.74) is 2.65. The lowest BCUT2D eigenvalue weighted by Gasteiger charge is -2.24. The molecule has 1 saturated heterocycles. The van der Waals surface area contributed by atoms with E-state index in [-0.39, 0.29) is 0 Å². The van der Waals surface area contributed by atoms with E-state index < -0.39 is 0 Å². The monoisotopic (exact) mass is 258 g/mol. The van der Waals surface area contributed by atoms with Crippen LogP contribution in [0.5, 0.6) is 0 Å². The quantitative estimate of drug-likeness (QED) is 0.828. The predicted molar refractivity (Wildman–Crippen MR) is 76.8 cm³/mol. The maximum absolute atomic E-state index is 4.39. The van der Waals surface area contributed by atoms with Crippen molar-refractivity contribution in [3.63, 3.8) is 0 Å². The van der Waals surface area contributed by atoms with Gasteiger partial charge in [0, 0.05) is 23.2 Å². The van der Waals surface area contributed by atoms with Crippen LogP contribution >= 0.6 is 11.3 Å². The van der Waals surface area contributed by atoms with Crippen LogP contribution in [0, 0.1) is 0 Å². The van der Waals surface area contributed by atoms with E-state index >= 15 is 0 Å². The minimum Gasteiger partial charge on any atom is -0.297 e. The van der Waals surface area contributed by atoms with Gasteiger partial charge in [0.15, 0.2) is 0 Å². The van der Waals surface area contributed by atoms with Crippen LogP contribution in [-0.4, -0.2) is 23.0 Å². The predicted octanol–water partition coefficient (Wildman–Crippen LogP) is 3.97. The van der Waals surface area contributed by atoms with Crippen molar-refractivity contribution in [1.82, 2.24) is 9.88 Å². The third-order valence-electron chi connectivity index (χ3n) is 3.74. The maximum atomic E-state index is 4.39. The van der Waals surface area contributed by atoms with Crippen molar-refractivity contribution < 1.29 is 0 Å². The van der Waals surface area contributed by atoms with Gasteiger partial charge in [0.25, 0.3) is 0 Å². The Morgan fingerprint density at radius 1 is 1.28 bits per heavy atom. The molecule has 1 aromatic heterocycles. The topological polar surface area (TPSA) is 16.1 Å². The van der Waals surface area contributed by atoms with Crippen LogP contribution in [0.1, 0.15) is 31.4 Å². The average molecular weight is 258 g/mol. The second kappa shape index (κ2) is 5.21. The van der Waals surface area contributed by atoms with E-state index in [4.69, 9.17) is 0 Å². The van der Waals surface area contributed by atoms with E-state index in [0.29, 0.717) is 6.04 Å². The van der Waals surface area contributed by atoms with Crippen LogP contribution in [0.25, 0.3) is 10.6 Å². The van der Waals surface area contributed by atoms with Gasteiger partial charge in [0.1, 0.15) is 5.01 Å². The van der Waals surface area contributed by atoms with Gasteiger partial charge in [-0.15, -0.1) is 11.3 Å². The summed E-state index contributed by atoms with van der Waals surface area (Å²) in [5, 5.41) is 3.15. The van der Waals surface area contributed by atoms with Crippen LogP contribution in [0.3, 0.4) is 0 Å². The van der Waals surface area contributed by atoms with Gasteiger partial charge in [-0.3, -0.25) is 4.90 Å². The maximum Gasteiger partial charge on any atom is 0.123 e. The molecule has 18 heavy (non-hydrogen) atoms. The summed E-state index contributed by atoms with van der Waals surface area (Å²) in [6, 6.07) is 9.35. The van der Waals surface area contributed by atoms with E-state index in [0.717, 1.165) is 5.01 Å². The molecule has 3 heteroatoms. The average Bonchev–Trinajstić information content (AvgIpc) is 3.11. The van der Waals surface area contributed by atoms with Gasteiger partial charge in [-0.05, 0) is 44.5 Å². The number of rotatable bonds is 3. The Bertz CT molecular complexity index is 501. The lowest BCUT2D eigenvalue weighted by Crippen LogP contribution is -2.23. The van der Waals surface area contributed by atoms with Crippen LogP contribution < -0.4 is 0 Å². The van der Waals surface area contributed by atoms with Gasteiger partial charge in [-0.25, -0.2) is 4.98 Å². The lowest BCUT2D eigenvalue weighted by atomic mass is 10.0. The van der Waals surface area contributed by atoms with Crippen molar-refractivity contribution in [2.45, 2.75) is 25.8 Å². The number of hydrogen-bond acceptors (Lipinski definition) is 3. The molecule has 1 atom stereocenters. The van der Waals surface area contributed by atoms with Crippen LogP contribution in [0.4, 0.5) is 0 Å². The van der Waals surface area contributed by atoms with Gasteiger partial charge < -0.3 is 0 Å². The zero-order valence-corrected chi connectivity index (χ0v) is 11.5. The molecule has 1 aliphatic rings. The van der Waals surface area contributed by atoms with Gasteiger partial charge >= 0.3 is 0 Å². The minimum absolute atomic E-state index is 0.521. The molecule has 3 rings (SSSR count). The minimum atomic E-state index is 0.521. The van der Waals surface area contributed by atoms with E-state index in [2.05, 4.69) is 41.1 Å². The smallest absolute Gasteiger partial charge is 0.123 e. The molecule has 0 N–H and O–H groups in total. The van der Waals surface area contributed by atoms with Gasteiger partial charge in [0.2, 0.25) is 0 Å². The number of nitrogens with zero attached hydrogens (tertiary/aromatic N) is 2. The van der Waals surface area contributed by atoms with Crippen molar-refractivity contribution in [2.75, 3.05) is 13.1 Å². The molecule has 94 valence electrons. The Morgan fingerprint density at radius 2 is 2.11 bits per heavy atom. The number of aromatic nitrogens is 1. The molecule has 2 heterocycles. The Labute approximate surface area is 112 Å². The first kappa shape index (κ1) is 11.9. The number of hydrogen-bond donors (Lipinski definition) is 0. The van der Waals surface area contributed by atoms with E-state index in [9.17, 15) is 0 Å². The Hall–Kier alpha value is -1.19. The van der Waals surface area contributed by atoms with Gasteiger partial charge in [0.05, 0.1) is 0 Å². The fourth-order valence-corrected chi connectivity index (χ4v) is 3.27. The molecule has 0 aliphatic carbocycles. The highest BCUT2D eigenvalue weighted by molar-refractivity contribution is 7.13. The first-order valence-electron chi connectivity index (χ1n) is 6.58. The van der Waals surface area contributed by atoms with Crippen LogP contribution in [0.2, 0.25) is 0 Å². The molecule has 0 spiro atoms. The molecule has 0 bridgehead atoms. The largest absolute Gasteiger partial charge is 0.297 e. The summed E-state index contributed by atoms with van der Waals surface area (Å²) in [6.45, 7) is 4.79. The number of likely N-dealkylation sites (tertiary alicyclic amines) is 1. The highest BCUT2D eigenvalue weighted by Gasteiger charge is 2.19. The van der Waals surface area contributed by atoms with E-state index in [1.165, 1.54) is 37.1 Å². The Morgan fingerprint density at radius 3 is 2.83 bits per heavy atom. The summed E-state index contributed by atoms with van der Waals surface area (Å²) in [6.07, 6.45) is 4.56. The normalized spacial score (nSPS) is 18.1. The molecule has 1 unspecified atom stereocenters. The second-order valence-electron chi connectivity index (χ2n) is 4.88. The number of benzene rings is 1. The molecule has 1 fully saturated rings. The zero-order chi connectivity index (χ0) is 12.4. The zero-order valence-electron chi connectivity index (χ0n) is 10.7. The van der Waals surface area contributed by atoms with Crippen molar-refractivity contribution in [1.29, 1.82) is 0 Å². The highest BCUT2D eigenvalue weighted by Crippen LogP contribution is 2.28. The molecule has 0 radical (unpaired) electrons. The fourth-order valence-electron chi connectivity index (χ4n) is 2.64. The van der Waals surface area contributed by atoms with Crippen LogP contribution in [0.15, 0.2) is 35.8 Å². The van der Waals surface area contributed by atoms with Crippen molar-refractivity contribution >= 4 is 11.3 Å². The van der Waals surface area contributed by atoms with Gasteiger partial charge in [-0.1, -0.05) is 18.2 Å². The van der Waals surface area contributed by atoms with E-state index in [1.807, 2.05) is 11.6 Å². The van der Waals surface area contributed by atoms with Crippen LogP contribution in [-0.2, 0) is 0 Å². The molecular formula is C15H18N2S.